The summed E-state index contributed by atoms with van der Waals surface area (Å²) in [5, 5.41) is 6.44. The lowest BCUT2D eigenvalue weighted by atomic mass is 10.1. The van der Waals surface area contributed by atoms with Crippen LogP contribution in [-0.2, 0) is 16.4 Å². The first-order valence-electron chi connectivity index (χ1n) is 8.68. The second-order valence-corrected chi connectivity index (χ2v) is 10.3. The van der Waals surface area contributed by atoms with Crippen LogP contribution < -0.4 is 0 Å². The maximum Gasteiger partial charge on any atom is 0.276 e. The molecule has 2 aromatic heterocycles. The van der Waals surface area contributed by atoms with Gasteiger partial charge in [0.1, 0.15) is 0 Å². The Morgan fingerprint density at radius 2 is 2.07 bits per heavy atom. The van der Waals surface area contributed by atoms with E-state index in [1.165, 1.54) is 11.3 Å². The minimum Gasteiger partial charge on any atom is -0.355 e. The minimum absolute atomic E-state index is 0.0397. The predicted molar refractivity (Wildman–Crippen MR) is 108 cm³/mol. The van der Waals surface area contributed by atoms with Crippen molar-refractivity contribution < 1.29 is 17.7 Å². The van der Waals surface area contributed by atoms with Crippen molar-refractivity contribution >= 4 is 38.7 Å². The fourth-order valence-electron chi connectivity index (χ4n) is 3.23. The number of benzene rings is 1. The molecule has 1 aliphatic rings. The van der Waals surface area contributed by atoms with Gasteiger partial charge in [-0.2, -0.15) is 0 Å². The number of hydrogen-bond acceptors (Lipinski definition) is 6. The third-order valence-electron chi connectivity index (χ3n) is 4.67. The monoisotopic (exact) mass is 436 g/mol. The first kappa shape index (κ1) is 19.2. The van der Waals surface area contributed by atoms with E-state index in [1.807, 2.05) is 29.6 Å². The van der Waals surface area contributed by atoms with Crippen molar-refractivity contribution in [2.45, 2.75) is 19.0 Å². The van der Waals surface area contributed by atoms with Gasteiger partial charge < -0.3 is 9.42 Å². The van der Waals surface area contributed by atoms with Crippen LogP contribution in [-0.4, -0.2) is 41.9 Å². The fraction of sp³-hybridized carbons (Fsp3) is 0.263. The second-order valence-electron chi connectivity index (χ2n) is 6.67. The lowest BCUT2D eigenvalue weighted by Crippen LogP contribution is -2.40. The number of halogens is 1. The molecule has 0 aliphatic carbocycles. The Morgan fingerprint density at radius 1 is 1.29 bits per heavy atom. The van der Waals surface area contributed by atoms with Gasteiger partial charge in [-0.3, -0.25) is 4.79 Å². The summed E-state index contributed by atoms with van der Waals surface area (Å²) in [7, 11) is -3.14. The number of hydrogen-bond donors (Lipinski definition) is 0. The Kier molecular flexibility index (Phi) is 5.27. The van der Waals surface area contributed by atoms with Crippen molar-refractivity contribution in [3.63, 3.8) is 0 Å². The highest BCUT2D eigenvalue weighted by atomic mass is 35.5. The maximum atomic E-state index is 13.2. The zero-order chi connectivity index (χ0) is 19.7. The van der Waals surface area contributed by atoms with E-state index in [9.17, 15) is 13.2 Å². The molecule has 0 saturated carbocycles. The number of carbonyl (C=O) groups is 1. The van der Waals surface area contributed by atoms with Crippen molar-refractivity contribution in [1.82, 2.24) is 10.1 Å². The number of aromatic nitrogens is 1. The van der Waals surface area contributed by atoms with E-state index < -0.39 is 15.9 Å². The van der Waals surface area contributed by atoms with Gasteiger partial charge in [0.15, 0.2) is 21.3 Å². The van der Waals surface area contributed by atoms with Crippen molar-refractivity contribution in [1.29, 1.82) is 0 Å². The van der Waals surface area contributed by atoms with Crippen LogP contribution in [0, 0.1) is 0 Å². The molecular weight excluding hydrogens is 420 g/mol. The van der Waals surface area contributed by atoms with Crippen LogP contribution in [0.15, 0.2) is 52.4 Å². The van der Waals surface area contributed by atoms with Gasteiger partial charge in [-0.1, -0.05) is 35.0 Å². The molecule has 28 heavy (non-hydrogen) atoms. The molecule has 1 atom stereocenters. The first-order chi connectivity index (χ1) is 13.4. The van der Waals surface area contributed by atoms with Gasteiger partial charge in [-0.25, -0.2) is 8.42 Å². The Hall–Kier alpha value is -2.16. The summed E-state index contributed by atoms with van der Waals surface area (Å²) >= 11 is 7.43. The smallest absolute Gasteiger partial charge is 0.276 e. The van der Waals surface area contributed by atoms with Gasteiger partial charge in [0.05, 0.1) is 16.4 Å². The Bertz CT molecular complexity index is 1080. The van der Waals surface area contributed by atoms with Crippen molar-refractivity contribution in [2.24, 2.45) is 0 Å². The van der Waals surface area contributed by atoms with Gasteiger partial charge in [0.2, 0.25) is 0 Å². The number of thiophene rings is 1. The Morgan fingerprint density at radius 3 is 2.71 bits per heavy atom. The molecular formula is C19H17ClN2O4S2. The second kappa shape index (κ2) is 7.69. The largest absolute Gasteiger partial charge is 0.355 e. The summed E-state index contributed by atoms with van der Waals surface area (Å²) in [4.78, 5) is 15.6. The topological polar surface area (TPSA) is 80.5 Å². The van der Waals surface area contributed by atoms with Crippen LogP contribution in [0.5, 0.6) is 0 Å². The van der Waals surface area contributed by atoms with Gasteiger partial charge in [0.25, 0.3) is 5.91 Å². The van der Waals surface area contributed by atoms with Crippen molar-refractivity contribution in [3.05, 3.63) is 64.1 Å². The summed E-state index contributed by atoms with van der Waals surface area (Å²) in [5.41, 5.74) is 1.03. The normalized spacial score (nSPS) is 18.2. The molecule has 0 N–H and O–H groups in total. The summed E-state index contributed by atoms with van der Waals surface area (Å²) in [6, 6.07) is 12.1. The zero-order valence-corrected chi connectivity index (χ0v) is 17.1. The van der Waals surface area contributed by atoms with Gasteiger partial charge in [-0.15, -0.1) is 11.3 Å². The van der Waals surface area contributed by atoms with E-state index in [-0.39, 0.29) is 29.7 Å². The number of amides is 1. The zero-order valence-electron chi connectivity index (χ0n) is 14.7. The van der Waals surface area contributed by atoms with Crippen LogP contribution >= 0.6 is 22.9 Å². The Labute approximate surface area is 171 Å². The molecule has 3 aromatic rings. The number of rotatable bonds is 5. The molecule has 3 heterocycles. The molecule has 1 saturated heterocycles. The average Bonchev–Trinajstić information content (AvgIpc) is 3.41. The summed E-state index contributed by atoms with van der Waals surface area (Å²) in [5.74, 6) is 0.218. The number of nitrogens with zero attached hydrogens (tertiary/aromatic N) is 2. The lowest BCUT2D eigenvalue weighted by Gasteiger charge is -2.27. The molecule has 6 nitrogen and oxygen atoms in total. The van der Waals surface area contributed by atoms with Crippen LogP contribution in [0.25, 0.3) is 10.6 Å². The highest BCUT2D eigenvalue weighted by Gasteiger charge is 2.36. The van der Waals surface area contributed by atoms with Crippen LogP contribution in [0.1, 0.15) is 22.5 Å². The van der Waals surface area contributed by atoms with E-state index >= 15 is 0 Å². The molecule has 0 radical (unpaired) electrons. The maximum absolute atomic E-state index is 13.2. The number of carbonyl (C=O) groups excluding carboxylic acids is 1. The van der Waals surface area contributed by atoms with Crippen LogP contribution in [0.2, 0.25) is 5.02 Å². The third-order valence-corrected chi connectivity index (χ3v) is 7.56. The summed E-state index contributed by atoms with van der Waals surface area (Å²) in [6.45, 7) is 0.275. The van der Waals surface area contributed by atoms with Gasteiger partial charge in [0, 0.05) is 23.7 Å². The molecule has 4 rings (SSSR count). The van der Waals surface area contributed by atoms with Gasteiger partial charge >= 0.3 is 0 Å². The van der Waals surface area contributed by atoms with Crippen molar-refractivity contribution in [3.8, 4) is 10.6 Å². The molecule has 1 fully saturated rings. The summed E-state index contributed by atoms with van der Waals surface area (Å²) < 4.78 is 29.3. The molecule has 146 valence electrons. The Balaban J connectivity index is 1.62. The van der Waals surface area contributed by atoms with Crippen LogP contribution in [0.3, 0.4) is 0 Å². The average molecular weight is 437 g/mol. The molecule has 0 unspecified atom stereocenters. The van der Waals surface area contributed by atoms with E-state index in [0.717, 1.165) is 10.4 Å². The summed E-state index contributed by atoms with van der Waals surface area (Å²) in [6.07, 6.45) is 0.414. The minimum atomic E-state index is -3.14. The molecule has 1 aliphatic heterocycles. The van der Waals surface area contributed by atoms with Crippen molar-refractivity contribution in [2.75, 3.05) is 11.5 Å². The molecule has 0 bridgehead atoms. The lowest BCUT2D eigenvalue weighted by molar-refractivity contribution is 0.0670. The third kappa shape index (κ3) is 4.14. The highest BCUT2D eigenvalue weighted by molar-refractivity contribution is 7.91. The first-order valence-corrected chi connectivity index (χ1v) is 11.8. The van der Waals surface area contributed by atoms with Gasteiger partial charge in [-0.05, 0) is 35.6 Å². The number of sulfone groups is 1. The fourth-order valence-corrected chi connectivity index (χ4v) is 5.76. The standard InChI is InChI=1S/C19H17ClN2O4S2/c20-14-5-3-13(4-6-14)11-22(15-7-9-28(24,25)12-15)19(23)16-10-17(26-21-16)18-2-1-8-27-18/h1-6,8,10,15H,7,9,11-12H2/t15-/m1/s1. The predicted octanol–water partition coefficient (Wildman–Crippen LogP) is 3.89. The van der Waals surface area contributed by atoms with E-state index in [2.05, 4.69) is 5.16 Å². The highest BCUT2D eigenvalue weighted by Crippen LogP contribution is 2.27. The van der Waals surface area contributed by atoms with E-state index in [1.54, 1.807) is 23.1 Å². The molecule has 1 aromatic carbocycles. The van der Waals surface area contributed by atoms with E-state index in [4.69, 9.17) is 16.1 Å². The van der Waals surface area contributed by atoms with Crippen LogP contribution in [0.4, 0.5) is 0 Å². The molecule has 9 heteroatoms. The quantitative estimate of drug-likeness (QED) is 0.606. The SMILES string of the molecule is O=C(c1cc(-c2cccs2)on1)N(Cc1ccc(Cl)cc1)[C@@H]1CCS(=O)(=O)C1. The molecule has 1 amide bonds. The van der Waals surface area contributed by atoms with E-state index in [0.29, 0.717) is 17.2 Å². The molecule has 0 spiro atoms.